The van der Waals surface area contributed by atoms with Crippen LogP contribution in [0.1, 0.15) is 16.7 Å². The van der Waals surface area contributed by atoms with Crippen LogP contribution in [-0.4, -0.2) is 43.0 Å². The van der Waals surface area contributed by atoms with Gasteiger partial charge in [0.1, 0.15) is 18.2 Å². The highest BCUT2D eigenvalue weighted by atomic mass is 19.4. The summed E-state index contributed by atoms with van der Waals surface area (Å²) in [5, 5.41) is 0. The molecule has 4 nitrogen and oxygen atoms in total. The molecule has 1 amide bonds. The van der Waals surface area contributed by atoms with E-state index in [1.807, 2.05) is 91.0 Å². The van der Waals surface area contributed by atoms with Crippen LogP contribution in [0.15, 0.2) is 91.0 Å². The van der Waals surface area contributed by atoms with Gasteiger partial charge in [-0.25, -0.2) is 4.79 Å². The minimum Gasteiger partial charge on any atom is -0.442 e. The Balaban J connectivity index is 1.69. The molecule has 0 aromatic heterocycles. The van der Waals surface area contributed by atoms with Crippen LogP contribution >= 0.6 is 0 Å². The zero-order valence-electron chi connectivity index (χ0n) is 17.2. The van der Waals surface area contributed by atoms with E-state index in [0.717, 1.165) is 16.7 Å². The van der Waals surface area contributed by atoms with Gasteiger partial charge in [-0.1, -0.05) is 91.0 Å². The summed E-state index contributed by atoms with van der Waals surface area (Å²) < 4.78 is 50.0. The van der Waals surface area contributed by atoms with Gasteiger partial charge in [0.25, 0.3) is 0 Å². The predicted octanol–water partition coefficient (Wildman–Crippen LogP) is 5.38. The first-order chi connectivity index (χ1) is 15.4. The summed E-state index contributed by atoms with van der Waals surface area (Å²) in [4.78, 5) is 12.6. The Morgan fingerprint density at radius 1 is 0.812 bits per heavy atom. The Hall–Kier alpha value is -3.32. The summed E-state index contributed by atoms with van der Waals surface area (Å²) in [6, 6.07) is 28.8. The molecule has 1 fully saturated rings. The van der Waals surface area contributed by atoms with E-state index < -0.39 is 30.5 Å². The number of alkyl halides is 3. The Morgan fingerprint density at radius 2 is 1.25 bits per heavy atom. The molecule has 1 heterocycles. The molecule has 166 valence electrons. The highest BCUT2D eigenvalue weighted by molar-refractivity contribution is 5.70. The Labute approximate surface area is 184 Å². The number of carbonyl (C=O) groups is 1. The third-order valence-corrected chi connectivity index (χ3v) is 5.35. The molecule has 0 N–H and O–H groups in total. The third-order valence-electron chi connectivity index (χ3n) is 5.35. The van der Waals surface area contributed by atoms with Crippen LogP contribution in [0.25, 0.3) is 0 Å². The molecule has 1 saturated heterocycles. The molecule has 1 aliphatic rings. The normalized spacial score (nSPS) is 16.8. The maximum absolute atomic E-state index is 12.8. The number of halogens is 3. The van der Waals surface area contributed by atoms with Crippen LogP contribution in [0, 0.1) is 0 Å². The summed E-state index contributed by atoms with van der Waals surface area (Å²) >= 11 is 0. The van der Waals surface area contributed by atoms with E-state index in [2.05, 4.69) is 0 Å². The van der Waals surface area contributed by atoms with E-state index in [9.17, 15) is 18.0 Å². The van der Waals surface area contributed by atoms with Gasteiger partial charge in [0.15, 0.2) is 0 Å². The van der Waals surface area contributed by atoms with Crippen molar-refractivity contribution in [3.8, 4) is 0 Å². The molecule has 32 heavy (non-hydrogen) atoms. The van der Waals surface area contributed by atoms with Gasteiger partial charge < -0.3 is 9.47 Å². The SMILES string of the molecule is O=C1O[C@H](COC(c2ccccc2)(c2ccccc2)c2ccccc2)CN1CC(F)(F)F. The molecule has 0 radical (unpaired) electrons. The number of benzene rings is 3. The summed E-state index contributed by atoms with van der Waals surface area (Å²) in [5.74, 6) is 0. The first-order valence-corrected chi connectivity index (χ1v) is 10.2. The van der Waals surface area contributed by atoms with E-state index in [0.29, 0.717) is 4.90 Å². The molecule has 0 unspecified atom stereocenters. The van der Waals surface area contributed by atoms with Gasteiger partial charge in [0.2, 0.25) is 0 Å². The summed E-state index contributed by atoms with van der Waals surface area (Å²) in [6.07, 6.45) is -6.29. The molecule has 1 aliphatic heterocycles. The van der Waals surface area contributed by atoms with Gasteiger partial charge in [0, 0.05) is 0 Å². The largest absolute Gasteiger partial charge is 0.442 e. The minimum atomic E-state index is -4.49. The first kappa shape index (κ1) is 21.9. The second-order valence-corrected chi connectivity index (χ2v) is 7.59. The third kappa shape index (κ3) is 4.62. The molecular weight excluding hydrogens is 419 g/mol. The van der Waals surface area contributed by atoms with Gasteiger partial charge in [-0.3, -0.25) is 4.90 Å². The molecule has 3 aromatic rings. The number of rotatable bonds is 7. The topological polar surface area (TPSA) is 38.8 Å². The quantitative estimate of drug-likeness (QED) is 0.462. The lowest BCUT2D eigenvalue weighted by atomic mass is 9.80. The van der Waals surface area contributed by atoms with Crippen LogP contribution in [0.4, 0.5) is 18.0 Å². The zero-order valence-corrected chi connectivity index (χ0v) is 17.2. The first-order valence-electron chi connectivity index (χ1n) is 10.2. The van der Waals surface area contributed by atoms with Crippen LogP contribution in [0.2, 0.25) is 0 Å². The second-order valence-electron chi connectivity index (χ2n) is 7.59. The monoisotopic (exact) mass is 441 g/mol. The van der Waals surface area contributed by atoms with Crippen molar-refractivity contribution in [3.05, 3.63) is 108 Å². The maximum atomic E-state index is 12.8. The van der Waals surface area contributed by atoms with E-state index >= 15 is 0 Å². The van der Waals surface area contributed by atoms with E-state index in [4.69, 9.17) is 9.47 Å². The Kier molecular flexibility index (Phi) is 6.19. The number of ether oxygens (including phenoxy) is 2. The maximum Gasteiger partial charge on any atom is 0.410 e. The number of hydrogen-bond donors (Lipinski definition) is 0. The molecule has 3 aromatic carbocycles. The highest BCUT2D eigenvalue weighted by Gasteiger charge is 2.42. The standard InChI is InChI=1S/C25H22F3NO3/c26-24(27,28)18-29-16-22(32-23(29)30)17-31-25(19-10-4-1-5-11-19,20-12-6-2-7-13-20)21-14-8-3-9-15-21/h1-15,22H,16-18H2/t22-/m0/s1. The number of hydrogen-bond acceptors (Lipinski definition) is 3. The second kappa shape index (κ2) is 9.04. The molecule has 0 spiro atoms. The average Bonchev–Trinajstić information content (AvgIpc) is 3.14. The van der Waals surface area contributed by atoms with Gasteiger partial charge in [0.05, 0.1) is 13.2 Å². The number of carbonyl (C=O) groups excluding carboxylic acids is 1. The van der Waals surface area contributed by atoms with Crippen molar-refractivity contribution in [3.63, 3.8) is 0 Å². The fourth-order valence-electron chi connectivity index (χ4n) is 3.99. The zero-order chi connectivity index (χ0) is 22.6. The van der Waals surface area contributed by atoms with Crippen molar-refractivity contribution in [1.82, 2.24) is 4.90 Å². The van der Waals surface area contributed by atoms with Gasteiger partial charge >= 0.3 is 12.3 Å². The lowest BCUT2D eigenvalue weighted by Gasteiger charge is -2.36. The number of amides is 1. The highest BCUT2D eigenvalue weighted by Crippen LogP contribution is 2.40. The summed E-state index contributed by atoms with van der Waals surface area (Å²) in [5.41, 5.74) is 1.53. The van der Waals surface area contributed by atoms with Crippen molar-refractivity contribution < 1.29 is 27.4 Å². The minimum absolute atomic E-state index is 0.0707. The average molecular weight is 441 g/mol. The Morgan fingerprint density at radius 3 is 1.66 bits per heavy atom. The van der Waals surface area contributed by atoms with Crippen LogP contribution in [-0.2, 0) is 15.1 Å². The van der Waals surface area contributed by atoms with E-state index in [-0.39, 0.29) is 13.2 Å². The van der Waals surface area contributed by atoms with Gasteiger partial charge in [-0.2, -0.15) is 13.2 Å². The van der Waals surface area contributed by atoms with Crippen molar-refractivity contribution in [1.29, 1.82) is 0 Å². The van der Waals surface area contributed by atoms with Crippen molar-refractivity contribution in [2.24, 2.45) is 0 Å². The van der Waals surface area contributed by atoms with Crippen molar-refractivity contribution >= 4 is 6.09 Å². The van der Waals surface area contributed by atoms with Gasteiger partial charge in [-0.15, -0.1) is 0 Å². The molecule has 0 aliphatic carbocycles. The van der Waals surface area contributed by atoms with Crippen LogP contribution < -0.4 is 0 Å². The number of cyclic esters (lactones) is 1. The predicted molar refractivity (Wildman–Crippen MR) is 113 cm³/mol. The van der Waals surface area contributed by atoms with Crippen molar-refractivity contribution in [2.45, 2.75) is 17.9 Å². The summed E-state index contributed by atoms with van der Waals surface area (Å²) in [7, 11) is 0. The smallest absolute Gasteiger partial charge is 0.410 e. The molecule has 7 heteroatoms. The van der Waals surface area contributed by atoms with Crippen molar-refractivity contribution in [2.75, 3.05) is 19.7 Å². The lowest BCUT2D eigenvalue weighted by molar-refractivity contribution is -0.139. The summed E-state index contributed by atoms with van der Waals surface area (Å²) in [6.45, 7) is -1.60. The Bertz CT molecular complexity index is 930. The van der Waals surface area contributed by atoms with Crippen LogP contribution in [0.5, 0.6) is 0 Å². The van der Waals surface area contributed by atoms with Crippen LogP contribution in [0.3, 0.4) is 0 Å². The molecule has 0 saturated carbocycles. The molecule has 0 bridgehead atoms. The fourth-order valence-corrected chi connectivity index (χ4v) is 3.99. The number of nitrogens with zero attached hydrogens (tertiary/aromatic N) is 1. The lowest BCUT2D eigenvalue weighted by Crippen LogP contribution is -2.38. The van der Waals surface area contributed by atoms with Gasteiger partial charge in [-0.05, 0) is 16.7 Å². The van der Waals surface area contributed by atoms with E-state index in [1.165, 1.54) is 0 Å². The molecular formula is C25H22F3NO3. The fraction of sp³-hybridized carbons (Fsp3) is 0.240. The molecule has 1 atom stereocenters. The van der Waals surface area contributed by atoms with E-state index in [1.54, 1.807) is 0 Å². The molecule has 4 rings (SSSR count).